The van der Waals surface area contributed by atoms with Crippen molar-refractivity contribution in [2.24, 2.45) is 0 Å². The van der Waals surface area contributed by atoms with Gasteiger partial charge < -0.3 is 14.8 Å². The van der Waals surface area contributed by atoms with E-state index in [9.17, 15) is 0 Å². The topological polar surface area (TPSA) is 30.5 Å². The van der Waals surface area contributed by atoms with Crippen LogP contribution in [0.25, 0.3) is 0 Å². The molecule has 2 aliphatic heterocycles. The van der Waals surface area contributed by atoms with Gasteiger partial charge in [0.2, 0.25) is 0 Å². The van der Waals surface area contributed by atoms with Crippen molar-refractivity contribution in [3.8, 4) is 0 Å². The Bertz CT molecular complexity index is 245. The van der Waals surface area contributed by atoms with Gasteiger partial charge >= 0.3 is 0 Å². The molecule has 2 saturated heterocycles. The van der Waals surface area contributed by atoms with Gasteiger partial charge in [-0.05, 0) is 64.8 Å². The Hall–Kier alpha value is -0.120. The van der Waals surface area contributed by atoms with Crippen molar-refractivity contribution in [2.45, 2.75) is 83.0 Å². The quantitative estimate of drug-likeness (QED) is 0.769. The summed E-state index contributed by atoms with van der Waals surface area (Å²) in [6, 6.07) is 0.499. The van der Waals surface area contributed by atoms with Crippen LogP contribution in [0.15, 0.2) is 0 Å². The van der Waals surface area contributed by atoms with E-state index in [-0.39, 0.29) is 5.60 Å². The molecular weight excluding hydrogens is 238 g/mol. The minimum absolute atomic E-state index is 0.0464. The number of ether oxygens (including phenoxy) is 2. The summed E-state index contributed by atoms with van der Waals surface area (Å²) in [5.41, 5.74) is 0.0464. The average molecular weight is 269 g/mol. The Labute approximate surface area is 118 Å². The maximum atomic E-state index is 6.11. The first-order valence-electron chi connectivity index (χ1n) is 8.23. The number of likely N-dealkylation sites (N-methyl/N-ethyl adjacent to an activating group) is 1. The fourth-order valence-electron chi connectivity index (χ4n) is 3.52. The van der Waals surface area contributed by atoms with E-state index in [4.69, 9.17) is 9.47 Å². The van der Waals surface area contributed by atoms with Gasteiger partial charge in [0.05, 0.1) is 11.7 Å². The van der Waals surface area contributed by atoms with Crippen LogP contribution >= 0.6 is 0 Å². The van der Waals surface area contributed by atoms with Gasteiger partial charge in [0.1, 0.15) is 0 Å². The minimum atomic E-state index is 0.0464. The summed E-state index contributed by atoms with van der Waals surface area (Å²) < 4.78 is 11.8. The maximum Gasteiger partial charge on any atom is 0.0806 e. The molecule has 3 nitrogen and oxygen atoms in total. The second-order valence-corrected chi connectivity index (χ2v) is 6.29. The van der Waals surface area contributed by atoms with E-state index in [1.165, 1.54) is 51.4 Å². The lowest BCUT2D eigenvalue weighted by atomic mass is 9.85. The van der Waals surface area contributed by atoms with Crippen LogP contribution in [0.3, 0.4) is 0 Å². The van der Waals surface area contributed by atoms with Gasteiger partial charge in [-0.1, -0.05) is 6.92 Å². The van der Waals surface area contributed by atoms with Crippen molar-refractivity contribution < 1.29 is 9.47 Å². The van der Waals surface area contributed by atoms with E-state index in [2.05, 4.69) is 19.2 Å². The predicted molar refractivity (Wildman–Crippen MR) is 78.5 cm³/mol. The smallest absolute Gasteiger partial charge is 0.0806 e. The third-order valence-corrected chi connectivity index (χ3v) is 4.73. The molecule has 3 unspecified atom stereocenters. The van der Waals surface area contributed by atoms with E-state index >= 15 is 0 Å². The van der Waals surface area contributed by atoms with E-state index in [1.54, 1.807) is 0 Å². The zero-order valence-corrected chi connectivity index (χ0v) is 12.7. The Kier molecular flexibility index (Phi) is 6.11. The highest BCUT2D eigenvalue weighted by Gasteiger charge is 2.36. The SMILES string of the molecule is CCNC(CCCC1CCCO1)C1(C)CCCCO1. The molecule has 2 fully saturated rings. The minimum Gasteiger partial charge on any atom is -0.378 e. The number of nitrogens with one attached hydrogen (secondary N) is 1. The molecule has 0 aliphatic carbocycles. The summed E-state index contributed by atoms with van der Waals surface area (Å²) >= 11 is 0. The van der Waals surface area contributed by atoms with E-state index in [0.717, 1.165) is 19.8 Å². The van der Waals surface area contributed by atoms with Crippen molar-refractivity contribution in [1.29, 1.82) is 0 Å². The molecule has 0 radical (unpaired) electrons. The van der Waals surface area contributed by atoms with Gasteiger partial charge in [-0.25, -0.2) is 0 Å². The monoisotopic (exact) mass is 269 g/mol. The molecule has 3 atom stereocenters. The van der Waals surface area contributed by atoms with Crippen LogP contribution in [0, 0.1) is 0 Å². The summed E-state index contributed by atoms with van der Waals surface area (Å²) in [6.45, 7) is 7.43. The zero-order valence-electron chi connectivity index (χ0n) is 12.7. The van der Waals surface area contributed by atoms with Gasteiger partial charge in [0.15, 0.2) is 0 Å². The average Bonchev–Trinajstić information content (AvgIpc) is 2.92. The van der Waals surface area contributed by atoms with Crippen molar-refractivity contribution in [2.75, 3.05) is 19.8 Å². The lowest BCUT2D eigenvalue weighted by Gasteiger charge is -2.41. The van der Waals surface area contributed by atoms with Crippen molar-refractivity contribution in [3.63, 3.8) is 0 Å². The Morgan fingerprint density at radius 1 is 1.26 bits per heavy atom. The molecule has 0 aromatic rings. The summed E-state index contributed by atoms with van der Waals surface area (Å²) in [5.74, 6) is 0. The van der Waals surface area contributed by atoms with E-state index < -0.39 is 0 Å². The molecule has 0 amide bonds. The third-order valence-electron chi connectivity index (χ3n) is 4.73. The molecule has 2 aliphatic rings. The van der Waals surface area contributed by atoms with Crippen LogP contribution in [0.1, 0.15) is 65.2 Å². The summed E-state index contributed by atoms with van der Waals surface area (Å²) in [6.07, 6.45) is 10.5. The number of hydrogen-bond acceptors (Lipinski definition) is 3. The van der Waals surface area contributed by atoms with Crippen LogP contribution in [-0.2, 0) is 9.47 Å². The first kappa shape index (κ1) is 15.3. The molecule has 3 heteroatoms. The van der Waals surface area contributed by atoms with Gasteiger partial charge in [-0.2, -0.15) is 0 Å². The molecular formula is C16H31NO2. The molecule has 1 N–H and O–H groups in total. The number of rotatable bonds is 7. The molecule has 2 heterocycles. The van der Waals surface area contributed by atoms with Crippen LogP contribution in [0.5, 0.6) is 0 Å². The second kappa shape index (κ2) is 7.61. The standard InChI is InChI=1S/C16H31NO2/c1-3-17-15(16(2)11-4-5-13-19-16)10-6-8-14-9-7-12-18-14/h14-15,17H,3-13H2,1-2H3. The lowest BCUT2D eigenvalue weighted by Crippen LogP contribution is -2.52. The second-order valence-electron chi connectivity index (χ2n) is 6.29. The van der Waals surface area contributed by atoms with Crippen molar-refractivity contribution in [3.05, 3.63) is 0 Å². The first-order valence-corrected chi connectivity index (χ1v) is 8.23. The molecule has 0 saturated carbocycles. The van der Waals surface area contributed by atoms with Gasteiger partial charge in [0.25, 0.3) is 0 Å². The van der Waals surface area contributed by atoms with E-state index in [0.29, 0.717) is 12.1 Å². The highest BCUT2D eigenvalue weighted by atomic mass is 16.5. The summed E-state index contributed by atoms with van der Waals surface area (Å²) in [4.78, 5) is 0. The van der Waals surface area contributed by atoms with Crippen LogP contribution in [-0.4, -0.2) is 37.5 Å². The number of hydrogen-bond donors (Lipinski definition) is 1. The normalized spacial score (nSPS) is 33.5. The molecule has 0 spiro atoms. The molecule has 19 heavy (non-hydrogen) atoms. The Morgan fingerprint density at radius 2 is 2.16 bits per heavy atom. The fraction of sp³-hybridized carbons (Fsp3) is 1.00. The van der Waals surface area contributed by atoms with Gasteiger partial charge in [-0.15, -0.1) is 0 Å². The third kappa shape index (κ3) is 4.44. The largest absolute Gasteiger partial charge is 0.378 e. The van der Waals surface area contributed by atoms with E-state index in [1.807, 2.05) is 0 Å². The molecule has 0 bridgehead atoms. The van der Waals surface area contributed by atoms with Crippen molar-refractivity contribution >= 4 is 0 Å². The maximum absolute atomic E-state index is 6.11. The summed E-state index contributed by atoms with van der Waals surface area (Å²) in [5, 5.41) is 3.65. The Morgan fingerprint density at radius 3 is 2.79 bits per heavy atom. The highest BCUT2D eigenvalue weighted by Crippen LogP contribution is 2.30. The molecule has 2 rings (SSSR count). The van der Waals surface area contributed by atoms with Gasteiger partial charge in [0, 0.05) is 19.3 Å². The lowest BCUT2D eigenvalue weighted by molar-refractivity contribution is -0.0904. The van der Waals surface area contributed by atoms with Crippen molar-refractivity contribution in [1.82, 2.24) is 5.32 Å². The first-order chi connectivity index (χ1) is 9.24. The van der Waals surface area contributed by atoms with Gasteiger partial charge in [-0.3, -0.25) is 0 Å². The Balaban J connectivity index is 1.77. The van der Waals surface area contributed by atoms with Crippen LogP contribution in [0.2, 0.25) is 0 Å². The predicted octanol–water partition coefficient (Wildman–Crippen LogP) is 3.27. The molecule has 0 aromatic heterocycles. The van der Waals surface area contributed by atoms with Crippen LogP contribution < -0.4 is 5.32 Å². The summed E-state index contributed by atoms with van der Waals surface area (Å²) in [7, 11) is 0. The van der Waals surface area contributed by atoms with Crippen LogP contribution in [0.4, 0.5) is 0 Å². The molecule has 0 aromatic carbocycles. The highest BCUT2D eigenvalue weighted by molar-refractivity contribution is 4.91. The molecule has 112 valence electrons. The zero-order chi connectivity index (χ0) is 13.6. The fourth-order valence-corrected chi connectivity index (χ4v) is 3.52.